The number of imidazole rings is 2. The Kier molecular flexibility index (Phi) is 52.0. The Hall–Kier alpha value is -6.50. The van der Waals surface area contributed by atoms with Crippen LogP contribution in [0.25, 0.3) is 22.1 Å². The van der Waals surface area contributed by atoms with Gasteiger partial charge in [0, 0.05) is 86.3 Å². The minimum atomic E-state index is -1.69. The van der Waals surface area contributed by atoms with Gasteiger partial charge < -0.3 is 52.4 Å². The van der Waals surface area contributed by atoms with Crippen LogP contribution in [0.2, 0.25) is 25.1 Å². The summed E-state index contributed by atoms with van der Waals surface area (Å²) in [6.07, 6.45) is -1.32. The molecule has 3 heterocycles. The molecule has 2 fully saturated rings. The molecule has 637 valence electrons. The summed E-state index contributed by atoms with van der Waals surface area (Å²) in [6.45, 7) is 1.24. The van der Waals surface area contributed by atoms with Crippen molar-refractivity contribution in [3.05, 3.63) is 327 Å². The van der Waals surface area contributed by atoms with Gasteiger partial charge in [-0.15, -0.1) is 35.6 Å². The first-order valence-corrected chi connectivity index (χ1v) is 48.4. The van der Waals surface area contributed by atoms with Gasteiger partial charge in [0.15, 0.2) is 4.30 Å². The third-order valence-electron chi connectivity index (χ3n) is 15.0. The fourth-order valence-corrected chi connectivity index (χ4v) is 11.0. The number of benzene rings is 10. The number of nitro groups is 2. The van der Waals surface area contributed by atoms with E-state index < -0.39 is 64.7 Å². The summed E-state index contributed by atoms with van der Waals surface area (Å²) in [7, 11) is 9.91. The van der Waals surface area contributed by atoms with Gasteiger partial charge >= 0.3 is 42.7 Å². The van der Waals surface area contributed by atoms with E-state index >= 15 is 0 Å². The average Bonchev–Trinajstić information content (AvgIpc) is 1.61. The number of hydrogen-bond donors (Lipinski definition) is 6. The Morgan fingerprint density at radius 1 is 0.517 bits per heavy atom. The van der Waals surface area contributed by atoms with E-state index in [4.69, 9.17) is 166 Å². The number of nitrogens with two attached hydrogens (primary N) is 2. The van der Waals surface area contributed by atoms with Gasteiger partial charge in [-0.25, -0.2) is 9.97 Å². The number of halogens is 14. The molecule has 0 atom stereocenters. The van der Waals surface area contributed by atoms with Crippen LogP contribution in [-0.4, -0.2) is 110 Å². The number of carboxylic acid groups (broad SMARTS) is 1. The summed E-state index contributed by atoms with van der Waals surface area (Å²) in [5.74, 6) is 0.660. The molecular formula is C83H94BrCl13N11O9Sn. The second-order valence-corrected chi connectivity index (χ2v) is 33.4. The molecule has 12 aromatic rings. The molecule has 12 N–H and O–H groups in total. The molecule has 1 aliphatic carbocycles. The van der Waals surface area contributed by atoms with Crippen LogP contribution >= 0.6 is 162 Å². The van der Waals surface area contributed by atoms with Crippen molar-refractivity contribution in [2.24, 2.45) is 0 Å². The van der Waals surface area contributed by atoms with Gasteiger partial charge in [-0.05, 0) is 170 Å². The zero-order valence-electron chi connectivity index (χ0n) is 71.2. The molecule has 0 bridgehead atoms. The Morgan fingerprint density at radius 3 is 1.19 bits per heavy atom. The van der Waals surface area contributed by atoms with Crippen molar-refractivity contribution in [1.29, 1.82) is 0 Å². The molecule has 0 unspecified atom stereocenters. The van der Waals surface area contributed by atoms with Crippen LogP contribution in [0, 0.1) is 20.2 Å². The number of nitrogens with zero attached hydrogens (tertiary/aromatic N) is 7. The van der Waals surface area contributed by atoms with Crippen molar-refractivity contribution in [3.8, 4) is 0 Å². The molecular weight excluding hydrogens is 1950 g/mol. The number of likely N-dealkylation sites (tertiary alicyclic amines) is 1. The molecule has 1 radical (unpaired) electrons. The van der Waals surface area contributed by atoms with E-state index in [2.05, 4.69) is 47.2 Å². The SMILES string of the molecule is CCO.Cl.ClC(Cl)Cl.ClCc1nc2ccccc2n1Cc1ccc(Cl)cc1.Clc1ccc(CBr)cc1.Nc1ccccc1NCc1ccc(Cl)cc1.Nc1ccccc1[N+](=O)[O-].O.O.O=C(O)CCl.O=[N+]([O-])c1ccccc1NCc1ccc(Cl)cc1.[2H]C1([2H])CCC([2H])([2H])C1.[2H]C1([2H])CCC([2H])([2H])N1Cc1nc2ccccc2n1Cc1ccc(Cl)cc1.[Cl][SnH][Cl]. The number of fused-ring (bicyclic) bond motifs is 2. The molecule has 2 aromatic heterocycles. The van der Waals surface area contributed by atoms with Gasteiger partial charge in [0.1, 0.15) is 28.9 Å². The third kappa shape index (κ3) is 44.3. The quantitative estimate of drug-likeness (QED) is 0.0162. The van der Waals surface area contributed by atoms with Gasteiger partial charge in [-0.3, -0.25) is 29.9 Å². The molecule has 118 heavy (non-hydrogen) atoms. The summed E-state index contributed by atoms with van der Waals surface area (Å²) >= 11 is 56.7. The zero-order valence-corrected chi connectivity index (χ0v) is 78.0. The number of nitrogen functional groups attached to an aromatic ring is 2. The van der Waals surface area contributed by atoms with Crippen LogP contribution in [0.4, 0.5) is 34.1 Å². The van der Waals surface area contributed by atoms with Crippen molar-refractivity contribution in [1.82, 2.24) is 24.0 Å². The number of nitro benzene ring substituents is 2. The van der Waals surface area contributed by atoms with Crippen molar-refractivity contribution < 1.29 is 46.8 Å². The van der Waals surface area contributed by atoms with E-state index in [1.165, 1.54) is 39.8 Å². The van der Waals surface area contributed by atoms with E-state index in [9.17, 15) is 25.0 Å². The number of nitrogens with one attached hydrogen (secondary N) is 2. The molecule has 20 nitrogen and oxygen atoms in total. The summed E-state index contributed by atoms with van der Waals surface area (Å²) < 4.78 is 64.9. The van der Waals surface area contributed by atoms with Gasteiger partial charge in [0.2, 0.25) is 0 Å². The Bertz CT molecular complexity index is 5130. The first-order chi connectivity index (χ1) is 58.2. The first-order valence-electron chi connectivity index (χ1n) is 38.6. The summed E-state index contributed by atoms with van der Waals surface area (Å²) in [5, 5.41) is 47.0. The van der Waals surface area contributed by atoms with Crippen LogP contribution in [-0.2, 0) is 48.7 Å². The number of anilines is 4. The molecule has 1 aliphatic heterocycles. The first kappa shape index (κ1) is 95.3. The molecule has 1 saturated heterocycles. The number of aliphatic hydroxyl groups is 1. The molecule has 0 amide bonds. The standard InChI is InChI=1S/C19H20ClN3.C15H12Cl2N2.C13H11ClN2O2.C13H13ClN2.C7H6BrCl.C6H6N2O2.C5H10.C2H3ClO2.C2H6O.CHCl3.3ClH.2H2O.Sn.H/c20-16-9-7-15(8-10-16)13-23-18-6-2-1-5-17(18)21-19(23)14-22-11-3-4-12-22;16-9-15-18-13-3-1-2-4-14(13)19(15)10-11-5-7-12(17)8-6-11;14-11-7-5-10(6-8-11)9-15-12-3-1-2-4-13(12)16(17)18;14-11-7-5-10(6-8-11)9-16-13-4-2-1-3-12(13)15;8-5-6-1-3-7(9)4-2-6;7-5-3-1-2-4-6(5)8(9)10;1-2-4-5-3-1;3-1-2(4)5;1-2-3;2-1(3)4;;;;;;;/h1-2,5-10H,3-4,11-14H2;1-8H,9-10H2;1-8,15H,9H2;1-8,16H,9,15H2;1-4H,5H2;1-4H,7H2;1-5H2;1H2,(H,4,5);3H,2H2,1H3;1H;3*1H;2*1H2;;/q;;;;;;;;;;;;;;;+2;/p-2/i11D2,12D2;;;;;;1D2,4D2;;;;;;;;;;. The Balaban J connectivity index is 0.000000731. The second kappa shape index (κ2) is 64.3. The fourth-order valence-electron chi connectivity index (χ4n) is 9.77. The molecule has 10 aromatic carbocycles. The predicted molar refractivity (Wildman–Crippen MR) is 507 cm³/mol. The molecule has 1 saturated carbocycles. The maximum absolute atomic E-state index is 10.8. The van der Waals surface area contributed by atoms with Crippen LogP contribution in [0.1, 0.15) is 102 Å². The van der Waals surface area contributed by atoms with Gasteiger partial charge in [0.05, 0.1) is 55.7 Å². The van der Waals surface area contributed by atoms with E-state index in [0.717, 1.165) is 83.9 Å². The number of carboxylic acids is 1. The molecule has 14 rings (SSSR count). The van der Waals surface area contributed by atoms with Crippen molar-refractivity contribution >= 4 is 243 Å². The van der Waals surface area contributed by atoms with Crippen LogP contribution in [0.3, 0.4) is 0 Å². The van der Waals surface area contributed by atoms with Crippen molar-refractivity contribution in [3.63, 3.8) is 0 Å². The number of carbonyl (C=O) groups is 1. The van der Waals surface area contributed by atoms with E-state index in [1.807, 2.05) is 180 Å². The molecule has 2 aliphatic rings. The minimum absolute atomic E-state index is 0. The van der Waals surface area contributed by atoms with Gasteiger partial charge in [-0.1, -0.05) is 262 Å². The van der Waals surface area contributed by atoms with Crippen molar-refractivity contribution in [2.75, 3.05) is 47.6 Å². The summed E-state index contributed by atoms with van der Waals surface area (Å²) in [4.78, 5) is 39.8. The molecule has 0 spiro atoms. The fraction of sp³-hybridized carbons (Fsp3) is 0.241. The van der Waals surface area contributed by atoms with Crippen LogP contribution in [0.5, 0.6) is 0 Å². The van der Waals surface area contributed by atoms with E-state index in [0.29, 0.717) is 53.4 Å². The summed E-state index contributed by atoms with van der Waals surface area (Å²) in [6, 6.07) is 74.5. The van der Waals surface area contributed by atoms with Gasteiger partial charge in [0.25, 0.3) is 11.4 Å². The number of para-hydroxylation sites is 10. The zero-order chi connectivity index (χ0) is 91.5. The second-order valence-electron chi connectivity index (χ2n) is 23.2. The predicted octanol–water partition coefficient (Wildman–Crippen LogP) is 24.4. The Morgan fingerprint density at radius 2 is 0.839 bits per heavy atom. The average molecular weight is 2060 g/mol. The number of alkyl halides is 6. The van der Waals surface area contributed by atoms with Crippen LogP contribution < -0.4 is 22.1 Å². The number of rotatable bonds is 17. The normalized spacial score (nSPS) is 13.9. The number of aromatic nitrogens is 4. The molecule has 35 heteroatoms. The number of hydrogen-bond acceptors (Lipinski definition) is 13. The van der Waals surface area contributed by atoms with Gasteiger partial charge in [-0.2, -0.15) is 0 Å². The third-order valence-corrected chi connectivity index (χ3v) is 17.4. The number of aliphatic hydroxyl groups excluding tert-OH is 1. The Labute approximate surface area is 782 Å². The number of aliphatic carboxylic acids is 1. The monoisotopic (exact) mass is 2050 g/mol. The van der Waals surface area contributed by atoms with Crippen molar-refractivity contribution in [2.45, 2.75) is 100 Å². The van der Waals surface area contributed by atoms with E-state index in [1.54, 1.807) is 49.4 Å². The van der Waals surface area contributed by atoms with E-state index in [-0.39, 0.29) is 78.7 Å². The maximum atomic E-state index is 10.8. The summed E-state index contributed by atoms with van der Waals surface area (Å²) in [5.41, 5.74) is 23.1. The van der Waals surface area contributed by atoms with Crippen LogP contribution in [0.15, 0.2) is 243 Å². The topological polar surface area (TPSA) is 322 Å².